The highest BCUT2D eigenvalue weighted by Crippen LogP contribution is 2.23. The van der Waals surface area contributed by atoms with E-state index in [1.807, 2.05) is 12.1 Å². The molecule has 1 aliphatic heterocycles. The lowest BCUT2D eigenvalue weighted by atomic mass is 10.1. The van der Waals surface area contributed by atoms with Crippen LogP contribution in [0.4, 0.5) is 5.69 Å². The minimum absolute atomic E-state index is 0.217. The number of amides is 3. The predicted molar refractivity (Wildman–Crippen MR) is 83.6 cm³/mol. The van der Waals surface area contributed by atoms with Gasteiger partial charge in [-0.2, -0.15) is 0 Å². The zero-order chi connectivity index (χ0) is 16.2. The number of imide groups is 1. The maximum absolute atomic E-state index is 12.2. The predicted octanol–water partition coefficient (Wildman–Crippen LogP) is 1.67. The number of hydrogen-bond acceptors (Lipinski definition) is 4. The molecule has 1 aromatic heterocycles. The van der Waals surface area contributed by atoms with Crippen LogP contribution in [0.5, 0.6) is 0 Å². The Balaban J connectivity index is 1.73. The number of nitrogens with one attached hydrogen (secondary N) is 1. The van der Waals surface area contributed by atoms with Crippen LogP contribution in [0.1, 0.15) is 28.9 Å². The van der Waals surface area contributed by atoms with E-state index in [0.29, 0.717) is 17.8 Å². The number of carbonyl (C=O) groups excluding carboxylic acids is 3. The van der Waals surface area contributed by atoms with Gasteiger partial charge in [-0.25, -0.2) is 0 Å². The number of aromatic nitrogens is 1. The third kappa shape index (κ3) is 3.26. The molecule has 0 bridgehead atoms. The molecule has 116 valence electrons. The smallest absolute Gasteiger partial charge is 0.251 e. The quantitative estimate of drug-likeness (QED) is 0.871. The van der Waals surface area contributed by atoms with Gasteiger partial charge in [0.05, 0.1) is 17.9 Å². The van der Waals surface area contributed by atoms with Crippen LogP contribution in [0, 0.1) is 0 Å². The van der Waals surface area contributed by atoms with E-state index in [1.54, 1.807) is 36.5 Å². The molecule has 0 radical (unpaired) electrons. The first-order valence-corrected chi connectivity index (χ1v) is 7.29. The van der Waals surface area contributed by atoms with Gasteiger partial charge < -0.3 is 5.32 Å². The molecular formula is C17H15N3O3. The second-order valence-corrected chi connectivity index (χ2v) is 5.18. The van der Waals surface area contributed by atoms with Crippen molar-refractivity contribution in [2.75, 3.05) is 4.90 Å². The van der Waals surface area contributed by atoms with Gasteiger partial charge in [-0.3, -0.25) is 24.3 Å². The van der Waals surface area contributed by atoms with Crippen molar-refractivity contribution in [3.8, 4) is 0 Å². The lowest BCUT2D eigenvalue weighted by molar-refractivity contribution is -0.121. The molecule has 0 unspecified atom stereocenters. The second-order valence-electron chi connectivity index (χ2n) is 5.18. The van der Waals surface area contributed by atoms with Crippen molar-refractivity contribution in [2.45, 2.75) is 19.4 Å². The summed E-state index contributed by atoms with van der Waals surface area (Å²) in [5.74, 6) is -0.751. The molecule has 1 N–H and O–H groups in total. The van der Waals surface area contributed by atoms with Crippen molar-refractivity contribution in [2.24, 2.45) is 0 Å². The minimum atomic E-state index is -0.281. The summed E-state index contributed by atoms with van der Waals surface area (Å²) in [6.45, 7) is 0.311. The van der Waals surface area contributed by atoms with Crippen molar-refractivity contribution < 1.29 is 14.4 Å². The monoisotopic (exact) mass is 309 g/mol. The van der Waals surface area contributed by atoms with E-state index >= 15 is 0 Å². The third-order valence-corrected chi connectivity index (χ3v) is 3.57. The zero-order valence-corrected chi connectivity index (χ0v) is 12.4. The Morgan fingerprint density at radius 1 is 1.09 bits per heavy atom. The van der Waals surface area contributed by atoms with E-state index in [4.69, 9.17) is 0 Å². The summed E-state index contributed by atoms with van der Waals surface area (Å²) in [6, 6.07) is 12.0. The molecule has 2 heterocycles. The van der Waals surface area contributed by atoms with Crippen LogP contribution in [0.2, 0.25) is 0 Å². The first-order chi connectivity index (χ1) is 11.1. The summed E-state index contributed by atoms with van der Waals surface area (Å²) in [5, 5.41) is 2.77. The van der Waals surface area contributed by atoms with Crippen molar-refractivity contribution in [3.63, 3.8) is 0 Å². The topological polar surface area (TPSA) is 79.4 Å². The summed E-state index contributed by atoms with van der Waals surface area (Å²) in [7, 11) is 0. The molecule has 0 aliphatic carbocycles. The molecule has 2 aromatic rings. The number of pyridine rings is 1. The zero-order valence-electron chi connectivity index (χ0n) is 12.4. The molecule has 1 fully saturated rings. The van der Waals surface area contributed by atoms with E-state index in [2.05, 4.69) is 10.3 Å². The summed E-state index contributed by atoms with van der Waals surface area (Å²) >= 11 is 0. The SMILES string of the molecule is O=C(NCc1ccccn1)c1cccc(N2C(=O)CCC2=O)c1. The first kappa shape index (κ1) is 14.9. The molecule has 1 aliphatic rings. The average molecular weight is 309 g/mol. The molecule has 1 saturated heterocycles. The van der Waals surface area contributed by atoms with Crippen LogP contribution in [0.25, 0.3) is 0 Å². The molecule has 3 rings (SSSR count). The van der Waals surface area contributed by atoms with Gasteiger partial charge in [0.2, 0.25) is 11.8 Å². The van der Waals surface area contributed by atoms with Gasteiger partial charge in [-0.15, -0.1) is 0 Å². The van der Waals surface area contributed by atoms with Gasteiger partial charge in [0, 0.05) is 24.6 Å². The highest BCUT2D eigenvalue weighted by molar-refractivity contribution is 6.20. The number of anilines is 1. The highest BCUT2D eigenvalue weighted by atomic mass is 16.2. The van der Waals surface area contributed by atoms with Gasteiger partial charge in [-0.1, -0.05) is 12.1 Å². The summed E-state index contributed by atoms with van der Waals surface area (Å²) in [4.78, 5) is 41.0. The van der Waals surface area contributed by atoms with E-state index in [0.717, 1.165) is 10.6 Å². The first-order valence-electron chi connectivity index (χ1n) is 7.29. The molecule has 3 amide bonds. The Labute approximate surface area is 133 Å². The maximum Gasteiger partial charge on any atom is 0.251 e. The molecular weight excluding hydrogens is 294 g/mol. The van der Waals surface area contributed by atoms with Crippen LogP contribution in [0.15, 0.2) is 48.7 Å². The largest absolute Gasteiger partial charge is 0.346 e. The van der Waals surface area contributed by atoms with Crippen LogP contribution >= 0.6 is 0 Å². The number of benzene rings is 1. The van der Waals surface area contributed by atoms with Crippen molar-refractivity contribution in [3.05, 3.63) is 59.9 Å². The van der Waals surface area contributed by atoms with E-state index < -0.39 is 0 Å². The third-order valence-electron chi connectivity index (χ3n) is 3.57. The lowest BCUT2D eigenvalue weighted by Gasteiger charge is -2.14. The second kappa shape index (κ2) is 6.39. The molecule has 0 spiro atoms. The summed E-state index contributed by atoms with van der Waals surface area (Å²) in [5.41, 5.74) is 1.58. The molecule has 23 heavy (non-hydrogen) atoms. The fourth-order valence-electron chi connectivity index (χ4n) is 2.43. The number of hydrogen-bond donors (Lipinski definition) is 1. The lowest BCUT2D eigenvalue weighted by Crippen LogP contribution is -2.29. The fraction of sp³-hybridized carbons (Fsp3) is 0.176. The van der Waals surface area contributed by atoms with Gasteiger partial charge in [-0.05, 0) is 30.3 Å². The fourth-order valence-corrected chi connectivity index (χ4v) is 2.43. The minimum Gasteiger partial charge on any atom is -0.346 e. The highest BCUT2D eigenvalue weighted by Gasteiger charge is 2.30. The Morgan fingerprint density at radius 2 is 1.87 bits per heavy atom. The van der Waals surface area contributed by atoms with Crippen molar-refractivity contribution in [1.82, 2.24) is 10.3 Å². The average Bonchev–Trinajstić information content (AvgIpc) is 2.92. The molecule has 6 nitrogen and oxygen atoms in total. The van der Waals surface area contributed by atoms with Crippen LogP contribution in [-0.4, -0.2) is 22.7 Å². The maximum atomic E-state index is 12.2. The number of carbonyl (C=O) groups is 3. The van der Waals surface area contributed by atoms with Crippen LogP contribution in [0.3, 0.4) is 0 Å². The van der Waals surface area contributed by atoms with Crippen LogP contribution < -0.4 is 10.2 Å². The summed E-state index contributed by atoms with van der Waals surface area (Å²) < 4.78 is 0. The van der Waals surface area contributed by atoms with Crippen molar-refractivity contribution in [1.29, 1.82) is 0 Å². The van der Waals surface area contributed by atoms with Gasteiger partial charge >= 0.3 is 0 Å². The molecule has 1 aromatic carbocycles. The standard InChI is InChI=1S/C17H15N3O3/c21-15-7-8-16(22)20(15)14-6-3-4-12(10-14)17(23)19-11-13-5-1-2-9-18-13/h1-6,9-10H,7-8,11H2,(H,19,23). The Kier molecular flexibility index (Phi) is 4.14. The molecule has 0 atom stereocenters. The molecule has 0 saturated carbocycles. The normalized spacial score (nSPS) is 14.2. The van der Waals surface area contributed by atoms with E-state index in [9.17, 15) is 14.4 Å². The summed E-state index contributed by atoms with van der Waals surface area (Å²) in [6.07, 6.45) is 2.09. The Bertz CT molecular complexity index is 743. The number of rotatable bonds is 4. The Hall–Kier alpha value is -3.02. The van der Waals surface area contributed by atoms with Gasteiger partial charge in [0.25, 0.3) is 5.91 Å². The van der Waals surface area contributed by atoms with E-state index in [-0.39, 0.29) is 30.6 Å². The van der Waals surface area contributed by atoms with Crippen LogP contribution in [-0.2, 0) is 16.1 Å². The van der Waals surface area contributed by atoms with Crippen molar-refractivity contribution >= 4 is 23.4 Å². The van der Waals surface area contributed by atoms with Gasteiger partial charge in [0.15, 0.2) is 0 Å². The Morgan fingerprint density at radius 3 is 2.57 bits per heavy atom. The van der Waals surface area contributed by atoms with Gasteiger partial charge in [0.1, 0.15) is 0 Å². The molecule has 6 heteroatoms. The van der Waals surface area contributed by atoms with E-state index in [1.165, 1.54) is 0 Å². The number of nitrogens with zero attached hydrogens (tertiary/aromatic N) is 2.